The Hall–Kier alpha value is -2.58. The number of methoxy groups -OCH3 is 1. The van der Waals surface area contributed by atoms with Crippen molar-refractivity contribution in [2.75, 3.05) is 25.1 Å². The summed E-state index contributed by atoms with van der Waals surface area (Å²) >= 11 is 0. The molecule has 0 atom stereocenters. The van der Waals surface area contributed by atoms with Crippen LogP contribution in [0, 0.1) is 0 Å². The van der Waals surface area contributed by atoms with Gasteiger partial charge in [-0.25, -0.2) is 13.1 Å². The van der Waals surface area contributed by atoms with E-state index in [0.29, 0.717) is 37.4 Å². The highest BCUT2D eigenvalue weighted by Gasteiger charge is 2.26. The quantitative estimate of drug-likeness (QED) is 0.565. The van der Waals surface area contributed by atoms with Crippen molar-refractivity contribution in [1.29, 1.82) is 0 Å². The van der Waals surface area contributed by atoms with Gasteiger partial charge in [0.2, 0.25) is 15.9 Å². The number of rotatable bonds is 10. The number of carbonyl (C=O) groups excluding carboxylic acids is 1. The van der Waals surface area contributed by atoms with Gasteiger partial charge in [0, 0.05) is 19.5 Å². The van der Waals surface area contributed by atoms with Crippen LogP contribution < -0.4 is 19.1 Å². The number of sulfonamides is 1. The number of benzene rings is 2. The molecule has 1 amide bonds. The number of nitrogens with zero attached hydrogens (tertiary/aromatic N) is 1. The summed E-state index contributed by atoms with van der Waals surface area (Å²) in [6.07, 6.45) is 2.75. The van der Waals surface area contributed by atoms with Crippen LogP contribution in [-0.4, -0.2) is 40.6 Å². The van der Waals surface area contributed by atoms with Gasteiger partial charge in [-0.3, -0.25) is 4.79 Å². The Labute approximate surface area is 184 Å². The second kappa shape index (κ2) is 10.2. The number of anilines is 1. The molecule has 1 N–H and O–H groups in total. The van der Waals surface area contributed by atoms with Crippen LogP contribution in [-0.2, 0) is 21.2 Å². The van der Waals surface area contributed by atoms with Crippen molar-refractivity contribution in [3.05, 3.63) is 48.0 Å². The third kappa shape index (κ3) is 5.98. The summed E-state index contributed by atoms with van der Waals surface area (Å²) in [7, 11) is -2.19. The Morgan fingerprint density at radius 3 is 2.48 bits per heavy atom. The van der Waals surface area contributed by atoms with Gasteiger partial charge >= 0.3 is 0 Å². The van der Waals surface area contributed by atoms with Gasteiger partial charge in [0.05, 0.1) is 23.8 Å². The van der Waals surface area contributed by atoms with Crippen LogP contribution in [0.1, 0.15) is 38.7 Å². The SMILES string of the molecule is COc1ccc(S(=O)(=O)NCCCc2ccc(OC(C)C)cc2)cc1N1CCCC1=O. The predicted molar refractivity (Wildman–Crippen MR) is 120 cm³/mol. The summed E-state index contributed by atoms with van der Waals surface area (Å²) < 4.78 is 39.2. The monoisotopic (exact) mass is 446 g/mol. The molecule has 7 nitrogen and oxygen atoms in total. The first-order valence-corrected chi connectivity index (χ1v) is 12.0. The van der Waals surface area contributed by atoms with Crippen LogP contribution >= 0.6 is 0 Å². The third-order valence-electron chi connectivity index (χ3n) is 5.05. The lowest BCUT2D eigenvalue weighted by atomic mass is 10.1. The lowest BCUT2D eigenvalue weighted by Crippen LogP contribution is -2.27. The lowest BCUT2D eigenvalue weighted by molar-refractivity contribution is -0.117. The zero-order valence-electron chi connectivity index (χ0n) is 18.3. The zero-order valence-corrected chi connectivity index (χ0v) is 19.1. The van der Waals surface area contributed by atoms with Gasteiger partial charge in [-0.15, -0.1) is 0 Å². The van der Waals surface area contributed by atoms with Crippen molar-refractivity contribution < 1.29 is 22.7 Å². The normalized spacial score (nSPS) is 14.3. The molecule has 3 rings (SSSR count). The Morgan fingerprint density at radius 2 is 1.87 bits per heavy atom. The molecule has 2 aromatic rings. The molecule has 0 radical (unpaired) electrons. The van der Waals surface area contributed by atoms with Crippen LogP contribution in [0.2, 0.25) is 0 Å². The highest BCUT2D eigenvalue weighted by Crippen LogP contribution is 2.33. The van der Waals surface area contributed by atoms with Crippen LogP contribution in [0.4, 0.5) is 5.69 Å². The Bertz CT molecular complexity index is 1000. The van der Waals surface area contributed by atoms with Gasteiger partial charge in [-0.05, 0) is 69.0 Å². The van der Waals surface area contributed by atoms with E-state index in [0.717, 1.165) is 24.2 Å². The number of hydrogen-bond acceptors (Lipinski definition) is 5. The van der Waals surface area contributed by atoms with Gasteiger partial charge in [-0.2, -0.15) is 0 Å². The van der Waals surface area contributed by atoms with E-state index in [2.05, 4.69) is 4.72 Å². The summed E-state index contributed by atoms with van der Waals surface area (Å²) in [4.78, 5) is 13.8. The van der Waals surface area contributed by atoms with Gasteiger partial charge in [-0.1, -0.05) is 12.1 Å². The minimum absolute atomic E-state index is 0.0226. The van der Waals surface area contributed by atoms with Crippen LogP contribution in [0.3, 0.4) is 0 Å². The number of amides is 1. The van der Waals surface area contributed by atoms with Crippen molar-refractivity contribution in [2.24, 2.45) is 0 Å². The van der Waals surface area contributed by atoms with Crippen molar-refractivity contribution in [2.45, 2.75) is 50.5 Å². The Morgan fingerprint density at radius 1 is 1.13 bits per heavy atom. The second-order valence-corrected chi connectivity index (χ2v) is 9.56. The van der Waals surface area contributed by atoms with E-state index in [-0.39, 0.29) is 16.9 Å². The van der Waals surface area contributed by atoms with Gasteiger partial charge in [0.15, 0.2) is 0 Å². The Balaban J connectivity index is 1.60. The van der Waals surface area contributed by atoms with Crippen molar-refractivity contribution >= 4 is 21.6 Å². The molecule has 0 saturated carbocycles. The molecule has 8 heteroatoms. The summed E-state index contributed by atoms with van der Waals surface area (Å²) in [5, 5.41) is 0. The van der Waals surface area contributed by atoms with Crippen LogP contribution in [0.5, 0.6) is 11.5 Å². The first-order valence-electron chi connectivity index (χ1n) is 10.5. The molecule has 1 saturated heterocycles. The smallest absolute Gasteiger partial charge is 0.240 e. The minimum Gasteiger partial charge on any atom is -0.495 e. The molecule has 2 aromatic carbocycles. The molecule has 1 heterocycles. The van der Waals surface area contributed by atoms with E-state index in [9.17, 15) is 13.2 Å². The molecule has 168 valence electrons. The van der Waals surface area contributed by atoms with Crippen LogP contribution in [0.15, 0.2) is 47.4 Å². The van der Waals surface area contributed by atoms with E-state index in [1.165, 1.54) is 19.2 Å². The average Bonchev–Trinajstić information content (AvgIpc) is 3.17. The molecular weight excluding hydrogens is 416 g/mol. The molecular formula is C23H30N2O5S. The molecule has 0 unspecified atom stereocenters. The van der Waals surface area contributed by atoms with E-state index >= 15 is 0 Å². The fourth-order valence-corrected chi connectivity index (χ4v) is 4.63. The minimum atomic E-state index is -3.69. The zero-order chi connectivity index (χ0) is 22.4. The van der Waals surface area contributed by atoms with Gasteiger partial charge in [0.1, 0.15) is 11.5 Å². The van der Waals surface area contributed by atoms with Gasteiger partial charge < -0.3 is 14.4 Å². The average molecular weight is 447 g/mol. The topological polar surface area (TPSA) is 84.9 Å². The number of carbonyl (C=O) groups is 1. The number of aryl methyl sites for hydroxylation is 1. The molecule has 1 aliphatic heterocycles. The van der Waals surface area contributed by atoms with Crippen molar-refractivity contribution in [3.8, 4) is 11.5 Å². The number of hydrogen-bond donors (Lipinski definition) is 1. The highest BCUT2D eigenvalue weighted by atomic mass is 32.2. The fourth-order valence-electron chi connectivity index (χ4n) is 3.54. The summed E-state index contributed by atoms with van der Waals surface area (Å²) in [6, 6.07) is 12.5. The van der Waals surface area contributed by atoms with E-state index in [1.54, 1.807) is 11.0 Å². The fraction of sp³-hybridized carbons (Fsp3) is 0.435. The highest BCUT2D eigenvalue weighted by molar-refractivity contribution is 7.89. The first-order chi connectivity index (χ1) is 14.8. The maximum Gasteiger partial charge on any atom is 0.240 e. The largest absolute Gasteiger partial charge is 0.495 e. The molecule has 1 aliphatic rings. The molecule has 0 spiro atoms. The summed E-state index contributed by atoms with van der Waals surface area (Å²) in [6.45, 7) is 4.84. The predicted octanol–water partition coefficient (Wildman–Crippen LogP) is 3.52. The van der Waals surface area contributed by atoms with Crippen LogP contribution in [0.25, 0.3) is 0 Å². The molecule has 0 aromatic heterocycles. The molecule has 0 bridgehead atoms. The van der Waals surface area contributed by atoms with Crippen molar-refractivity contribution in [1.82, 2.24) is 4.72 Å². The van der Waals surface area contributed by atoms with Crippen molar-refractivity contribution in [3.63, 3.8) is 0 Å². The summed E-state index contributed by atoms with van der Waals surface area (Å²) in [5.74, 6) is 1.29. The maximum absolute atomic E-state index is 12.8. The van der Waals surface area contributed by atoms with E-state index < -0.39 is 10.0 Å². The number of ether oxygens (including phenoxy) is 2. The summed E-state index contributed by atoms with van der Waals surface area (Å²) in [5.41, 5.74) is 1.62. The lowest BCUT2D eigenvalue weighted by Gasteiger charge is -2.20. The Kier molecular flexibility index (Phi) is 7.56. The van der Waals surface area contributed by atoms with E-state index in [1.807, 2.05) is 38.1 Å². The molecule has 1 fully saturated rings. The van der Waals surface area contributed by atoms with E-state index in [4.69, 9.17) is 9.47 Å². The maximum atomic E-state index is 12.8. The third-order valence-corrected chi connectivity index (χ3v) is 6.51. The standard InChI is InChI=1S/C23H30N2O5S/c1-17(2)30-19-10-8-18(9-11-19)6-4-14-24-31(27,28)20-12-13-22(29-3)21(16-20)25-15-5-7-23(25)26/h8-13,16-17,24H,4-7,14-15H2,1-3H3. The first kappa shape index (κ1) is 23.1. The second-order valence-electron chi connectivity index (χ2n) is 7.79. The molecule has 31 heavy (non-hydrogen) atoms. The molecule has 0 aliphatic carbocycles. The van der Waals surface area contributed by atoms with Gasteiger partial charge in [0.25, 0.3) is 0 Å². The number of nitrogens with one attached hydrogen (secondary N) is 1.